The van der Waals surface area contributed by atoms with Gasteiger partial charge in [0.1, 0.15) is 0 Å². The van der Waals surface area contributed by atoms with Gasteiger partial charge in [-0.05, 0) is 32.1 Å². The molecule has 1 heterocycles. The Hall–Kier alpha value is -1.09. The molecule has 0 aliphatic carbocycles. The zero-order valence-corrected chi connectivity index (χ0v) is 13.3. The van der Waals surface area contributed by atoms with E-state index in [0.717, 1.165) is 25.7 Å². The predicted octanol–water partition coefficient (Wildman–Crippen LogP) is 4.87. The van der Waals surface area contributed by atoms with Gasteiger partial charge in [0.05, 0.1) is 6.10 Å². The summed E-state index contributed by atoms with van der Waals surface area (Å²) in [5.74, 6) is -0.815. The Labute approximate surface area is 129 Å². The number of ether oxygens (including phenoxy) is 1. The van der Waals surface area contributed by atoms with Crippen LogP contribution in [0, 0.1) is 0 Å². The smallest absolute Gasteiger partial charge is 0.335 e. The molecule has 1 saturated heterocycles. The second kappa shape index (κ2) is 11.6. The summed E-state index contributed by atoms with van der Waals surface area (Å²) in [4.78, 5) is 10.6. The van der Waals surface area contributed by atoms with Gasteiger partial charge in [0, 0.05) is 0 Å². The molecule has 2 atom stereocenters. The molecule has 1 aliphatic rings. The van der Waals surface area contributed by atoms with Crippen molar-refractivity contribution in [2.45, 2.75) is 83.3 Å². The Bertz CT molecular complexity index is 333. The van der Waals surface area contributed by atoms with Gasteiger partial charge in [0.15, 0.2) is 6.10 Å². The Kier molecular flexibility index (Phi) is 9.88. The quantitative estimate of drug-likeness (QED) is 0.299. The van der Waals surface area contributed by atoms with Crippen LogP contribution in [-0.4, -0.2) is 23.3 Å². The predicted molar refractivity (Wildman–Crippen MR) is 86.4 cm³/mol. The Balaban J connectivity index is 1.82. The largest absolute Gasteiger partial charge is 0.479 e. The van der Waals surface area contributed by atoms with Crippen molar-refractivity contribution >= 4 is 5.97 Å². The van der Waals surface area contributed by atoms with E-state index < -0.39 is 12.1 Å². The van der Waals surface area contributed by atoms with E-state index in [1.54, 1.807) is 0 Å². The van der Waals surface area contributed by atoms with Crippen molar-refractivity contribution in [3.05, 3.63) is 24.3 Å². The second-order valence-corrected chi connectivity index (χ2v) is 5.78. The monoisotopic (exact) mass is 294 g/mol. The molecule has 0 bridgehead atoms. The average Bonchev–Trinajstić information content (AvgIpc) is 3.24. The fourth-order valence-electron chi connectivity index (χ4n) is 2.40. The van der Waals surface area contributed by atoms with Gasteiger partial charge < -0.3 is 9.84 Å². The number of epoxide rings is 1. The highest BCUT2D eigenvalue weighted by Crippen LogP contribution is 2.27. The van der Waals surface area contributed by atoms with Crippen LogP contribution in [0.15, 0.2) is 24.3 Å². The highest BCUT2D eigenvalue weighted by Gasteiger charge is 2.44. The first kappa shape index (κ1) is 18.0. The van der Waals surface area contributed by atoms with E-state index in [1.807, 2.05) is 0 Å². The highest BCUT2D eigenvalue weighted by molar-refractivity contribution is 5.75. The standard InChI is InChI=1S/C18H30O3/c1-2-3-4-5-6-7-8-9-10-11-12-13-14-15-16-17(21-16)18(19)20/h7-10,16-17H,2-6,11-15H2,1H3,(H,19,20). The third-order valence-corrected chi connectivity index (χ3v) is 3.79. The highest BCUT2D eigenvalue weighted by atomic mass is 16.6. The minimum atomic E-state index is -0.815. The number of hydrogen-bond donors (Lipinski definition) is 1. The summed E-state index contributed by atoms with van der Waals surface area (Å²) >= 11 is 0. The molecule has 0 spiro atoms. The molecule has 2 unspecified atom stereocenters. The summed E-state index contributed by atoms with van der Waals surface area (Å²) in [7, 11) is 0. The van der Waals surface area contributed by atoms with Crippen LogP contribution >= 0.6 is 0 Å². The van der Waals surface area contributed by atoms with Crippen molar-refractivity contribution in [2.24, 2.45) is 0 Å². The van der Waals surface area contributed by atoms with E-state index in [2.05, 4.69) is 31.2 Å². The van der Waals surface area contributed by atoms with Gasteiger partial charge in [-0.2, -0.15) is 0 Å². The van der Waals surface area contributed by atoms with E-state index in [-0.39, 0.29) is 6.10 Å². The van der Waals surface area contributed by atoms with Crippen LogP contribution in [0.4, 0.5) is 0 Å². The third kappa shape index (κ3) is 9.46. The summed E-state index contributed by atoms with van der Waals surface area (Å²) in [5, 5.41) is 8.69. The number of carboxylic acid groups (broad SMARTS) is 1. The van der Waals surface area contributed by atoms with Gasteiger partial charge in [-0.3, -0.25) is 0 Å². The molecule has 1 N–H and O–H groups in total. The van der Waals surface area contributed by atoms with Crippen LogP contribution in [0.25, 0.3) is 0 Å². The van der Waals surface area contributed by atoms with Gasteiger partial charge in [-0.15, -0.1) is 0 Å². The van der Waals surface area contributed by atoms with E-state index >= 15 is 0 Å². The maximum absolute atomic E-state index is 10.6. The van der Waals surface area contributed by atoms with Crippen LogP contribution < -0.4 is 0 Å². The molecule has 0 aromatic carbocycles. The van der Waals surface area contributed by atoms with Crippen LogP contribution in [0.2, 0.25) is 0 Å². The Morgan fingerprint density at radius 3 is 2.14 bits per heavy atom. The Morgan fingerprint density at radius 2 is 1.62 bits per heavy atom. The van der Waals surface area contributed by atoms with Crippen LogP contribution in [0.1, 0.15) is 71.1 Å². The second-order valence-electron chi connectivity index (χ2n) is 5.78. The SMILES string of the molecule is CCCCCCC=CC=CCCCCCC1OC1C(=O)O. The normalized spacial score (nSPS) is 21.4. The summed E-state index contributed by atoms with van der Waals surface area (Å²) in [5.41, 5.74) is 0. The molecular formula is C18H30O3. The lowest BCUT2D eigenvalue weighted by molar-refractivity contribution is -0.138. The molecule has 0 aromatic rings. The van der Waals surface area contributed by atoms with Crippen LogP contribution in [0.5, 0.6) is 0 Å². The van der Waals surface area contributed by atoms with Crippen molar-refractivity contribution in [1.82, 2.24) is 0 Å². The number of carbonyl (C=O) groups is 1. The molecule has 1 aliphatic heterocycles. The maximum atomic E-state index is 10.6. The number of carboxylic acids is 1. The summed E-state index contributed by atoms with van der Waals surface area (Å²) in [6, 6.07) is 0. The molecule has 0 saturated carbocycles. The van der Waals surface area contributed by atoms with E-state index in [1.165, 1.54) is 38.5 Å². The molecule has 3 heteroatoms. The fourth-order valence-corrected chi connectivity index (χ4v) is 2.40. The Morgan fingerprint density at radius 1 is 1.00 bits per heavy atom. The number of hydrogen-bond acceptors (Lipinski definition) is 2. The lowest BCUT2D eigenvalue weighted by Crippen LogP contribution is -2.07. The molecule has 0 amide bonds. The lowest BCUT2D eigenvalue weighted by atomic mass is 10.1. The van der Waals surface area contributed by atoms with Crippen LogP contribution in [-0.2, 0) is 9.53 Å². The summed E-state index contributed by atoms with van der Waals surface area (Å²) in [6.07, 6.45) is 20.1. The first-order valence-corrected chi connectivity index (χ1v) is 8.45. The zero-order valence-electron chi connectivity index (χ0n) is 13.3. The van der Waals surface area contributed by atoms with Gasteiger partial charge in [-0.1, -0.05) is 63.3 Å². The van der Waals surface area contributed by atoms with Gasteiger partial charge >= 0.3 is 5.97 Å². The first-order valence-electron chi connectivity index (χ1n) is 8.45. The molecule has 0 radical (unpaired) electrons. The van der Waals surface area contributed by atoms with Crippen molar-refractivity contribution in [3.63, 3.8) is 0 Å². The number of rotatable bonds is 13. The van der Waals surface area contributed by atoms with E-state index in [9.17, 15) is 4.79 Å². The maximum Gasteiger partial charge on any atom is 0.335 e. The lowest BCUT2D eigenvalue weighted by Gasteiger charge is -1.96. The number of unbranched alkanes of at least 4 members (excludes halogenated alkanes) is 7. The molecule has 1 fully saturated rings. The van der Waals surface area contributed by atoms with Crippen molar-refractivity contribution in [3.8, 4) is 0 Å². The fraction of sp³-hybridized carbons (Fsp3) is 0.722. The summed E-state index contributed by atoms with van der Waals surface area (Å²) < 4.78 is 5.06. The molecule has 3 nitrogen and oxygen atoms in total. The molecule has 1 rings (SSSR count). The minimum absolute atomic E-state index is 0.0197. The van der Waals surface area contributed by atoms with E-state index in [0.29, 0.717) is 0 Å². The van der Waals surface area contributed by atoms with Crippen LogP contribution in [0.3, 0.4) is 0 Å². The molecule has 0 aromatic heterocycles. The van der Waals surface area contributed by atoms with Gasteiger partial charge in [-0.25, -0.2) is 4.79 Å². The molecule has 120 valence electrons. The average molecular weight is 294 g/mol. The van der Waals surface area contributed by atoms with Gasteiger partial charge in [0.2, 0.25) is 0 Å². The minimum Gasteiger partial charge on any atom is -0.479 e. The van der Waals surface area contributed by atoms with Crippen molar-refractivity contribution in [2.75, 3.05) is 0 Å². The van der Waals surface area contributed by atoms with Crippen molar-refractivity contribution < 1.29 is 14.6 Å². The van der Waals surface area contributed by atoms with Crippen molar-refractivity contribution in [1.29, 1.82) is 0 Å². The molecule has 21 heavy (non-hydrogen) atoms. The van der Waals surface area contributed by atoms with Gasteiger partial charge in [0.25, 0.3) is 0 Å². The summed E-state index contributed by atoms with van der Waals surface area (Å²) in [6.45, 7) is 2.24. The topological polar surface area (TPSA) is 49.8 Å². The zero-order chi connectivity index (χ0) is 15.3. The number of aliphatic carboxylic acids is 1. The molecular weight excluding hydrogens is 264 g/mol. The van der Waals surface area contributed by atoms with E-state index in [4.69, 9.17) is 9.84 Å². The third-order valence-electron chi connectivity index (χ3n) is 3.79. The first-order chi connectivity index (χ1) is 10.3. The number of allylic oxidation sites excluding steroid dienone is 4.